The second kappa shape index (κ2) is 5.61. The van der Waals surface area contributed by atoms with Crippen LogP contribution in [0.3, 0.4) is 0 Å². The maximum absolute atomic E-state index is 12.1. The molecule has 1 saturated carbocycles. The van der Waals surface area contributed by atoms with Crippen molar-refractivity contribution in [3.63, 3.8) is 0 Å². The second-order valence-electron chi connectivity index (χ2n) is 5.97. The van der Waals surface area contributed by atoms with E-state index in [1.165, 1.54) is 0 Å². The van der Waals surface area contributed by atoms with Gasteiger partial charge in [0.1, 0.15) is 17.1 Å². The Morgan fingerprint density at radius 3 is 2.74 bits per heavy atom. The molecule has 0 radical (unpaired) electrons. The van der Waals surface area contributed by atoms with Crippen LogP contribution in [0.2, 0.25) is 0 Å². The van der Waals surface area contributed by atoms with E-state index in [1.54, 1.807) is 7.11 Å². The lowest BCUT2D eigenvalue weighted by atomic mass is 10.1. The van der Waals surface area contributed by atoms with Gasteiger partial charge in [-0.05, 0) is 38.5 Å². The number of ether oxygens (including phenoxy) is 1. The SMILES string of the molecule is COc1ccc2oc(C(C)NC(=O)C3CC3C(=O)O)c(C)c2c1. The fraction of sp³-hybridized carbons (Fsp3) is 0.412. The molecule has 3 unspecified atom stereocenters. The maximum atomic E-state index is 12.1. The zero-order valence-electron chi connectivity index (χ0n) is 13.3. The summed E-state index contributed by atoms with van der Waals surface area (Å²) in [7, 11) is 1.61. The zero-order valence-corrected chi connectivity index (χ0v) is 13.3. The Morgan fingerprint density at radius 2 is 2.13 bits per heavy atom. The first kappa shape index (κ1) is 15.4. The van der Waals surface area contributed by atoms with Gasteiger partial charge in [-0.2, -0.15) is 0 Å². The molecule has 1 heterocycles. The highest BCUT2D eigenvalue weighted by Gasteiger charge is 2.48. The van der Waals surface area contributed by atoms with Gasteiger partial charge in [0, 0.05) is 10.9 Å². The molecule has 1 aromatic carbocycles. The normalized spacial score (nSPS) is 21.0. The number of carbonyl (C=O) groups excluding carboxylic acids is 1. The molecule has 3 atom stereocenters. The van der Waals surface area contributed by atoms with Gasteiger partial charge in [0.2, 0.25) is 5.91 Å². The van der Waals surface area contributed by atoms with Crippen LogP contribution in [0.5, 0.6) is 5.75 Å². The summed E-state index contributed by atoms with van der Waals surface area (Å²) in [6, 6.07) is 5.23. The van der Waals surface area contributed by atoms with E-state index in [9.17, 15) is 9.59 Å². The molecule has 1 fully saturated rings. The second-order valence-corrected chi connectivity index (χ2v) is 5.97. The summed E-state index contributed by atoms with van der Waals surface area (Å²) in [5.74, 6) is -0.712. The average Bonchev–Trinajstić information content (AvgIpc) is 3.27. The van der Waals surface area contributed by atoms with Gasteiger partial charge in [-0.1, -0.05) is 0 Å². The Balaban J connectivity index is 1.78. The first-order valence-electron chi connectivity index (χ1n) is 7.52. The van der Waals surface area contributed by atoms with Gasteiger partial charge in [0.15, 0.2) is 0 Å². The Labute approximate surface area is 133 Å². The van der Waals surface area contributed by atoms with E-state index >= 15 is 0 Å². The molecule has 3 rings (SSSR count). The first-order valence-corrected chi connectivity index (χ1v) is 7.52. The van der Waals surface area contributed by atoms with E-state index in [0.29, 0.717) is 12.2 Å². The van der Waals surface area contributed by atoms with Gasteiger partial charge in [-0.25, -0.2) is 0 Å². The summed E-state index contributed by atoms with van der Waals surface area (Å²) in [6.07, 6.45) is 0.407. The van der Waals surface area contributed by atoms with Gasteiger partial charge in [0.05, 0.1) is 25.0 Å². The Morgan fingerprint density at radius 1 is 1.39 bits per heavy atom. The van der Waals surface area contributed by atoms with Crippen LogP contribution in [0.4, 0.5) is 0 Å². The van der Waals surface area contributed by atoms with Crippen molar-refractivity contribution in [2.24, 2.45) is 11.8 Å². The number of amides is 1. The molecule has 2 aromatic rings. The van der Waals surface area contributed by atoms with Crippen LogP contribution in [0, 0.1) is 18.8 Å². The minimum absolute atomic E-state index is 0.234. The number of rotatable bonds is 5. The standard InChI is InChI=1S/C17H19NO5/c1-8-11-6-10(22-3)4-5-14(11)23-15(8)9(2)18-16(19)12-7-13(12)17(20)21/h4-6,9,12-13H,7H2,1-3H3,(H,18,19)(H,20,21). The van der Waals surface area contributed by atoms with Crippen molar-refractivity contribution >= 4 is 22.8 Å². The quantitative estimate of drug-likeness (QED) is 0.885. The fourth-order valence-electron chi connectivity index (χ4n) is 2.90. The number of hydrogen-bond acceptors (Lipinski definition) is 4. The number of fused-ring (bicyclic) bond motifs is 1. The third kappa shape index (κ3) is 2.76. The molecule has 0 bridgehead atoms. The van der Waals surface area contributed by atoms with Crippen molar-refractivity contribution in [1.29, 1.82) is 0 Å². The number of aliphatic carboxylic acids is 1. The van der Waals surface area contributed by atoms with E-state index in [4.69, 9.17) is 14.3 Å². The summed E-state index contributed by atoms with van der Waals surface area (Å²) in [5.41, 5.74) is 1.67. The van der Waals surface area contributed by atoms with Gasteiger partial charge in [0.25, 0.3) is 0 Å². The van der Waals surface area contributed by atoms with Gasteiger partial charge in [-0.3, -0.25) is 9.59 Å². The maximum Gasteiger partial charge on any atom is 0.307 e. The minimum Gasteiger partial charge on any atom is -0.497 e. The monoisotopic (exact) mass is 317 g/mol. The van der Waals surface area contributed by atoms with Crippen LogP contribution in [0.15, 0.2) is 22.6 Å². The molecular formula is C17H19NO5. The van der Waals surface area contributed by atoms with E-state index in [1.807, 2.05) is 32.0 Å². The molecule has 0 saturated heterocycles. The first-order chi connectivity index (χ1) is 10.9. The predicted octanol–water partition coefficient (Wildman–Crippen LogP) is 2.65. The summed E-state index contributed by atoms with van der Waals surface area (Å²) in [4.78, 5) is 22.9. The molecule has 6 nitrogen and oxygen atoms in total. The number of carboxylic acids is 1. The van der Waals surface area contributed by atoms with Crippen LogP contribution in [-0.4, -0.2) is 24.1 Å². The molecule has 1 aromatic heterocycles. The molecule has 23 heavy (non-hydrogen) atoms. The lowest BCUT2D eigenvalue weighted by Gasteiger charge is -2.12. The van der Waals surface area contributed by atoms with Crippen LogP contribution in [-0.2, 0) is 9.59 Å². The van der Waals surface area contributed by atoms with Crippen LogP contribution in [0.25, 0.3) is 11.0 Å². The number of furan rings is 1. The van der Waals surface area contributed by atoms with E-state index in [2.05, 4.69) is 5.32 Å². The molecule has 0 aliphatic heterocycles. The number of benzene rings is 1. The van der Waals surface area contributed by atoms with Gasteiger partial charge >= 0.3 is 5.97 Å². The molecule has 6 heteroatoms. The van der Waals surface area contributed by atoms with Gasteiger partial charge in [-0.15, -0.1) is 0 Å². The third-order valence-corrected chi connectivity index (χ3v) is 4.38. The lowest BCUT2D eigenvalue weighted by molar-refractivity contribution is -0.140. The molecular weight excluding hydrogens is 298 g/mol. The Bertz CT molecular complexity index is 779. The molecule has 1 amide bonds. The average molecular weight is 317 g/mol. The largest absolute Gasteiger partial charge is 0.497 e. The number of aryl methyl sites for hydroxylation is 1. The van der Waals surface area contributed by atoms with Crippen LogP contribution < -0.4 is 10.1 Å². The summed E-state index contributed by atoms with van der Waals surface area (Å²) in [6.45, 7) is 3.76. The Kier molecular flexibility index (Phi) is 3.75. The van der Waals surface area contributed by atoms with Crippen molar-refractivity contribution in [1.82, 2.24) is 5.32 Å². The highest BCUT2D eigenvalue weighted by Crippen LogP contribution is 2.39. The number of carboxylic acid groups (broad SMARTS) is 1. The van der Waals surface area contributed by atoms with E-state index in [0.717, 1.165) is 22.3 Å². The minimum atomic E-state index is -0.912. The number of nitrogens with one attached hydrogen (secondary N) is 1. The molecule has 0 spiro atoms. The zero-order chi connectivity index (χ0) is 16.7. The van der Waals surface area contributed by atoms with Crippen molar-refractivity contribution in [2.45, 2.75) is 26.3 Å². The highest BCUT2D eigenvalue weighted by atomic mass is 16.5. The Hall–Kier alpha value is -2.50. The van der Waals surface area contributed by atoms with E-state index < -0.39 is 17.8 Å². The fourth-order valence-corrected chi connectivity index (χ4v) is 2.90. The molecule has 1 aliphatic rings. The third-order valence-electron chi connectivity index (χ3n) is 4.38. The topological polar surface area (TPSA) is 88.8 Å². The number of carbonyl (C=O) groups is 2. The van der Waals surface area contributed by atoms with Gasteiger partial charge < -0.3 is 19.6 Å². The number of hydrogen-bond donors (Lipinski definition) is 2. The van der Waals surface area contributed by atoms with Crippen LogP contribution in [0.1, 0.15) is 30.7 Å². The summed E-state index contributed by atoms with van der Waals surface area (Å²) >= 11 is 0. The highest BCUT2D eigenvalue weighted by molar-refractivity contribution is 5.90. The summed E-state index contributed by atoms with van der Waals surface area (Å²) in [5, 5.41) is 12.7. The smallest absolute Gasteiger partial charge is 0.307 e. The molecule has 1 aliphatic carbocycles. The molecule has 122 valence electrons. The predicted molar refractivity (Wildman–Crippen MR) is 83.3 cm³/mol. The van der Waals surface area contributed by atoms with Crippen molar-refractivity contribution in [3.05, 3.63) is 29.5 Å². The van der Waals surface area contributed by atoms with Crippen LogP contribution >= 0.6 is 0 Å². The van der Waals surface area contributed by atoms with Crippen molar-refractivity contribution < 1.29 is 23.8 Å². The number of methoxy groups -OCH3 is 1. The van der Waals surface area contributed by atoms with Crippen molar-refractivity contribution in [2.75, 3.05) is 7.11 Å². The van der Waals surface area contributed by atoms with E-state index in [-0.39, 0.29) is 11.9 Å². The lowest BCUT2D eigenvalue weighted by Crippen LogP contribution is -2.29. The summed E-state index contributed by atoms with van der Waals surface area (Å²) < 4.78 is 11.1. The molecule has 2 N–H and O–H groups in total. The van der Waals surface area contributed by atoms with Crippen molar-refractivity contribution in [3.8, 4) is 5.75 Å².